The second-order valence-electron chi connectivity index (χ2n) is 6.13. The highest BCUT2D eigenvalue weighted by Gasteiger charge is 2.37. The van der Waals surface area contributed by atoms with Gasteiger partial charge in [-0.2, -0.15) is 5.10 Å². The molecule has 1 aliphatic rings. The van der Waals surface area contributed by atoms with Crippen LogP contribution < -0.4 is 0 Å². The fourth-order valence-electron chi connectivity index (χ4n) is 3.51. The van der Waals surface area contributed by atoms with Crippen LogP contribution in [-0.4, -0.2) is 34.2 Å². The van der Waals surface area contributed by atoms with E-state index in [0.717, 1.165) is 29.7 Å². The molecule has 5 nitrogen and oxygen atoms in total. The summed E-state index contributed by atoms with van der Waals surface area (Å²) in [5.41, 5.74) is 2.69. The topological polar surface area (TPSA) is 47.4 Å². The number of benzene rings is 1. The molecular weight excluding hydrogens is 326 g/mol. The van der Waals surface area contributed by atoms with Crippen LogP contribution in [0.2, 0.25) is 5.15 Å². The summed E-state index contributed by atoms with van der Waals surface area (Å²) in [5.74, 6) is -0.0227. The molecular formula is C18H22ClN3O2. The van der Waals surface area contributed by atoms with Gasteiger partial charge in [0.15, 0.2) is 6.10 Å². The summed E-state index contributed by atoms with van der Waals surface area (Å²) in [6.07, 6.45) is 1.25. The molecule has 2 atom stereocenters. The van der Waals surface area contributed by atoms with E-state index >= 15 is 0 Å². The van der Waals surface area contributed by atoms with Crippen molar-refractivity contribution in [1.82, 2.24) is 14.7 Å². The molecule has 0 saturated carbocycles. The van der Waals surface area contributed by atoms with Crippen LogP contribution in [0.5, 0.6) is 0 Å². The predicted molar refractivity (Wildman–Crippen MR) is 92.8 cm³/mol. The number of aromatic nitrogens is 2. The Morgan fingerprint density at radius 1 is 1.38 bits per heavy atom. The summed E-state index contributed by atoms with van der Waals surface area (Å²) in [7, 11) is 3.39. The summed E-state index contributed by atoms with van der Waals surface area (Å²) in [4.78, 5) is 15.0. The molecule has 6 heteroatoms. The molecule has 3 rings (SSSR count). The van der Waals surface area contributed by atoms with E-state index in [1.165, 1.54) is 0 Å². The Morgan fingerprint density at radius 3 is 2.67 bits per heavy atom. The molecule has 0 radical (unpaired) electrons. The highest BCUT2D eigenvalue weighted by Crippen LogP contribution is 2.39. The van der Waals surface area contributed by atoms with E-state index in [-0.39, 0.29) is 11.9 Å². The molecule has 2 unspecified atom stereocenters. The first kappa shape index (κ1) is 17.0. The first-order chi connectivity index (χ1) is 11.5. The van der Waals surface area contributed by atoms with Gasteiger partial charge in [0, 0.05) is 26.3 Å². The van der Waals surface area contributed by atoms with Crippen LogP contribution >= 0.6 is 11.6 Å². The van der Waals surface area contributed by atoms with E-state index in [4.69, 9.17) is 16.3 Å². The molecule has 128 valence electrons. The number of amides is 1. The number of halogens is 1. The highest BCUT2D eigenvalue weighted by molar-refractivity contribution is 6.30. The second-order valence-corrected chi connectivity index (χ2v) is 6.49. The van der Waals surface area contributed by atoms with Crippen LogP contribution in [0.4, 0.5) is 0 Å². The molecule has 0 bridgehead atoms. The molecule has 1 amide bonds. The lowest BCUT2D eigenvalue weighted by atomic mass is 10.0. The summed E-state index contributed by atoms with van der Waals surface area (Å²) in [6, 6.07) is 9.55. The number of methoxy groups -OCH3 is 1. The number of hydrogen-bond acceptors (Lipinski definition) is 3. The van der Waals surface area contributed by atoms with Gasteiger partial charge in [0.2, 0.25) is 0 Å². The van der Waals surface area contributed by atoms with Gasteiger partial charge in [0.25, 0.3) is 5.91 Å². The number of likely N-dealkylation sites (tertiary alicyclic amines) is 1. The van der Waals surface area contributed by atoms with Crippen molar-refractivity contribution in [2.24, 2.45) is 7.05 Å². The maximum Gasteiger partial charge on any atom is 0.256 e. The van der Waals surface area contributed by atoms with Crippen molar-refractivity contribution >= 4 is 17.5 Å². The van der Waals surface area contributed by atoms with Crippen LogP contribution in [0, 0.1) is 6.92 Å². The SMILES string of the molecule is COC(C(=O)N1CCCC1c1c(C)nn(C)c1Cl)c1ccccc1. The Hall–Kier alpha value is -1.85. The van der Waals surface area contributed by atoms with Gasteiger partial charge >= 0.3 is 0 Å². The Kier molecular flexibility index (Phi) is 4.92. The Labute approximate surface area is 147 Å². The summed E-state index contributed by atoms with van der Waals surface area (Å²) >= 11 is 6.43. The number of aryl methyl sites for hydroxylation is 2. The summed E-state index contributed by atoms with van der Waals surface area (Å²) in [5, 5.41) is 4.99. The van der Waals surface area contributed by atoms with Crippen LogP contribution in [0.25, 0.3) is 0 Å². The van der Waals surface area contributed by atoms with E-state index < -0.39 is 6.10 Å². The largest absolute Gasteiger partial charge is 0.367 e. The first-order valence-corrected chi connectivity index (χ1v) is 8.49. The molecule has 1 aromatic heterocycles. The minimum Gasteiger partial charge on any atom is -0.367 e. The quantitative estimate of drug-likeness (QED) is 0.851. The molecule has 1 saturated heterocycles. The predicted octanol–water partition coefficient (Wildman–Crippen LogP) is 3.43. The fraction of sp³-hybridized carbons (Fsp3) is 0.444. The first-order valence-electron chi connectivity index (χ1n) is 8.11. The average Bonchev–Trinajstić information content (AvgIpc) is 3.14. The van der Waals surface area contributed by atoms with Crippen molar-refractivity contribution in [1.29, 1.82) is 0 Å². The van der Waals surface area contributed by atoms with Gasteiger partial charge < -0.3 is 9.64 Å². The number of carbonyl (C=O) groups is 1. The second kappa shape index (κ2) is 6.95. The van der Waals surface area contributed by atoms with Gasteiger partial charge in [-0.05, 0) is 25.3 Å². The van der Waals surface area contributed by atoms with E-state index in [2.05, 4.69) is 5.10 Å². The molecule has 1 aliphatic heterocycles. The molecule has 0 N–H and O–H groups in total. The summed E-state index contributed by atoms with van der Waals surface area (Å²) < 4.78 is 7.18. The zero-order valence-electron chi connectivity index (χ0n) is 14.2. The lowest BCUT2D eigenvalue weighted by Crippen LogP contribution is -2.35. The molecule has 0 spiro atoms. The minimum absolute atomic E-state index is 0.0227. The maximum atomic E-state index is 13.1. The van der Waals surface area contributed by atoms with Crippen LogP contribution in [0.15, 0.2) is 30.3 Å². The number of nitrogens with zero attached hydrogens (tertiary/aromatic N) is 3. The number of hydrogen-bond donors (Lipinski definition) is 0. The van der Waals surface area contributed by atoms with Crippen LogP contribution in [-0.2, 0) is 16.6 Å². The molecule has 0 aliphatic carbocycles. The minimum atomic E-state index is -0.595. The lowest BCUT2D eigenvalue weighted by molar-refractivity contribution is -0.143. The van der Waals surface area contributed by atoms with E-state index in [9.17, 15) is 4.79 Å². The van der Waals surface area contributed by atoms with Crippen molar-refractivity contribution in [3.63, 3.8) is 0 Å². The van der Waals surface area contributed by atoms with Gasteiger partial charge in [0.1, 0.15) is 5.15 Å². The molecule has 2 aromatic rings. The van der Waals surface area contributed by atoms with Gasteiger partial charge in [0.05, 0.1) is 11.7 Å². The zero-order valence-corrected chi connectivity index (χ0v) is 15.0. The highest BCUT2D eigenvalue weighted by atomic mass is 35.5. The standard InChI is InChI=1S/C18H22ClN3O2/c1-12-15(17(19)21(2)20-12)14-10-7-11-22(14)18(23)16(24-3)13-8-5-4-6-9-13/h4-6,8-9,14,16H,7,10-11H2,1-3H3. The molecule has 1 aromatic carbocycles. The molecule has 2 heterocycles. The normalized spacial score (nSPS) is 18.8. The van der Waals surface area contributed by atoms with Gasteiger partial charge in [-0.1, -0.05) is 41.9 Å². The number of rotatable bonds is 4. The van der Waals surface area contributed by atoms with Gasteiger partial charge in [-0.25, -0.2) is 0 Å². The van der Waals surface area contributed by atoms with Crippen LogP contribution in [0.1, 0.15) is 41.8 Å². The van der Waals surface area contributed by atoms with Gasteiger partial charge in [-0.15, -0.1) is 0 Å². The van der Waals surface area contributed by atoms with Crippen molar-refractivity contribution in [2.75, 3.05) is 13.7 Å². The third kappa shape index (κ3) is 2.94. The van der Waals surface area contributed by atoms with E-state index in [1.54, 1.807) is 11.8 Å². The average molecular weight is 348 g/mol. The van der Waals surface area contributed by atoms with E-state index in [0.29, 0.717) is 11.7 Å². The fourth-order valence-corrected chi connectivity index (χ4v) is 3.81. The third-order valence-electron chi connectivity index (χ3n) is 4.63. The Balaban J connectivity index is 1.91. The smallest absolute Gasteiger partial charge is 0.256 e. The number of ether oxygens (including phenoxy) is 1. The zero-order chi connectivity index (χ0) is 17.3. The maximum absolute atomic E-state index is 13.1. The van der Waals surface area contributed by atoms with E-state index in [1.807, 2.05) is 49.2 Å². The Bertz CT molecular complexity index is 729. The summed E-state index contributed by atoms with van der Waals surface area (Å²) in [6.45, 7) is 2.65. The molecule has 1 fully saturated rings. The van der Waals surface area contributed by atoms with Crippen molar-refractivity contribution in [3.8, 4) is 0 Å². The Morgan fingerprint density at radius 2 is 2.08 bits per heavy atom. The molecule has 24 heavy (non-hydrogen) atoms. The van der Waals surface area contributed by atoms with Crippen molar-refractivity contribution in [2.45, 2.75) is 31.9 Å². The van der Waals surface area contributed by atoms with Gasteiger partial charge in [-0.3, -0.25) is 9.48 Å². The van der Waals surface area contributed by atoms with Crippen molar-refractivity contribution in [3.05, 3.63) is 52.3 Å². The lowest BCUT2D eigenvalue weighted by Gasteiger charge is -2.28. The number of carbonyl (C=O) groups excluding carboxylic acids is 1. The third-order valence-corrected chi connectivity index (χ3v) is 5.08. The van der Waals surface area contributed by atoms with Crippen molar-refractivity contribution < 1.29 is 9.53 Å². The van der Waals surface area contributed by atoms with Crippen LogP contribution in [0.3, 0.4) is 0 Å². The monoisotopic (exact) mass is 347 g/mol.